The lowest BCUT2D eigenvalue weighted by Gasteiger charge is -2.37. The van der Waals surface area contributed by atoms with E-state index in [1.807, 2.05) is 0 Å². The second kappa shape index (κ2) is 8.65. The quantitative estimate of drug-likeness (QED) is 0.306. The van der Waals surface area contributed by atoms with E-state index in [-0.39, 0.29) is 34.6 Å². The van der Waals surface area contributed by atoms with E-state index in [4.69, 9.17) is 9.57 Å². The van der Waals surface area contributed by atoms with E-state index < -0.39 is 22.9 Å². The molecule has 0 radical (unpaired) electrons. The molecule has 1 saturated heterocycles. The lowest BCUT2D eigenvalue weighted by Crippen LogP contribution is -2.47. The summed E-state index contributed by atoms with van der Waals surface area (Å²) in [6.07, 6.45) is -7.86. The largest absolute Gasteiger partial charge is 0.486 e. The van der Waals surface area contributed by atoms with Gasteiger partial charge in [-0.15, -0.1) is 10.2 Å². The number of aromatic nitrogens is 2. The van der Waals surface area contributed by atoms with Gasteiger partial charge in [-0.3, -0.25) is 0 Å². The maximum absolute atomic E-state index is 13.2. The third-order valence-corrected chi connectivity index (χ3v) is 6.56. The minimum Gasteiger partial charge on any atom is -0.486 e. The molecule has 2 aromatic rings. The van der Waals surface area contributed by atoms with Crippen LogP contribution in [0, 0.1) is 11.8 Å². The number of anilines is 1. The van der Waals surface area contributed by atoms with Crippen LogP contribution in [0.3, 0.4) is 0 Å². The fraction of sp³-hybridized carbons (Fsp3) is 0.550. The van der Waals surface area contributed by atoms with Gasteiger partial charge >= 0.3 is 12.4 Å². The Balaban J connectivity index is 1.52. The molecule has 2 aliphatic rings. The summed E-state index contributed by atoms with van der Waals surface area (Å²) in [6, 6.07) is 2.98. The maximum Gasteiger partial charge on any atom is 0.445 e. The topological polar surface area (TPSA) is 59.8 Å². The number of hydrogen-bond acceptors (Lipinski definition) is 7. The van der Waals surface area contributed by atoms with Crippen LogP contribution in [0.4, 0.5) is 31.5 Å². The van der Waals surface area contributed by atoms with E-state index in [1.165, 1.54) is 6.07 Å². The van der Waals surface area contributed by atoms with Gasteiger partial charge < -0.3 is 14.5 Å². The van der Waals surface area contributed by atoms with Crippen LogP contribution in [-0.4, -0.2) is 35.1 Å². The van der Waals surface area contributed by atoms with Gasteiger partial charge in [-0.05, 0) is 44.9 Å². The van der Waals surface area contributed by atoms with Gasteiger partial charge in [0.15, 0.2) is 11.5 Å². The molecule has 0 N–H and O–H groups in total. The molecule has 0 amide bonds. The molecule has 1 aromatic heterocycles. The molecule has 1 unspecified atom stereocenters. The van der Waals surface area contributed by atoms with E-state index in [1.54, 1.807) is 18.7 Å². The average molecular weight is 494 g/mol. The Morgan fingerprint density at radius 3 is 2.21 bits per heavy atom. The SMILES string of the molecule is CC(C)=NOc1cc(C(F)(F)F)ccc1OC1[C@@H]2CC[C@H]1CN(c1nnc(C(F)(F)F)s1)C2. The van der Waals surface area contributed by atoms with Gasteiger partial charge in [0.1, 0.15) is 6.10 Å². The van der Waals surface area contributed by atoms with Crippen molar-refractivity contribution in [3.63, 3.8) is 0 Å². The highest BCUT2D eigenvalue weighted by molar-refractivity contribution is 7.15. The van der Waals surface area contributed by atoms with Crippen molar-refractivity contribution in [1.29, 1.82) is 0 Å². The molecule has 6 nitrogen and oxygen atoms in total. The van der Waals surface area contributed by atoms with Crippen LogP contribution in [-0.2, 0) is 12.4 Å². The lowest BCUT2D eigenvalue weighted by atomic mass is 9.95. The van der Waals surface area contributed by atoms with Crippen molar-refractivity contribution in [2.75, 3.05) is 18.0 Å². The van der Waals surface area contributed by atoms with Crippen LogP contribution in [0.1, 0.15) is 37.3 Å². The van der Waals surface area contributed by atoms with Crippen molar-refractivity contribution in [2.45, 2.75) is 45.1 Å². The molecule has 0 spiro atoms. The van der Waals surface area contributed by atoms with Crippen molar-refractivity contribution in [3.8, 4) is 11.5 Å². The molecule has 1 aliphatic carbocycles. The molecule has 13 heteroatoms. The Morgan fingerprint density at radius 1 is 1.00 bits per heavy atom. The number of nitrogens with zero attached hydrogens (tertiary/aromatic N) is 4. The van der Waals surface area contributed by atoms with Crippen molar-refractivity contribution >= 4 is 22.2 Å². The highest BCUT2D eigenvalue weighted by Crippen LogP contribution is 2.44. The third kappa shape index (κ3) is 5.17. The van der Waals surface area contributed by atoms with Crippen LogP contribution in [0.25, 0.3) is 0 Å². The van der Waals surface area contributed by atoms with Crippen LogP contribution in [0.2, 0.25) is 0 Å². The summed E-state index contributed by atoms with van der Waals surface area (Å²) in [5.41, 5.74) is -0.370. The van der Waals surface area contributed by atoms with Gasteiger partial charge in [-0.2, -0.15) is 26.3 Å². The molecule has 180 valence electrons. The van der Waals surface area contributed by atoms with E-state index in [2.05, 4.69) is 15.4 Å². The molecular formula is C20H20F6N4O2S. The Morgan fingerprint density at radius 2 is 1.67 bits per heavy atom. The molecule has 33 heavy (non-hydrogen) atoms. The number of oxime groups is 1. The maximum atomic E-state index is 13.2. The van der Waals surface area contributed by atoms with Gasteiger partial charge in [0, 0.05) is 24.9 Å². The van der Waals surface area contributed by atoms with Crippen LogP contribution in [0.15, 0.2) is 23.4 Å². The first-order valence-electron chi connectivity index (χ1n) is 10.1. The summed E-state index contributed by atoms with van der Waals surface area (Å²) < 4.78 is 84.2. The summed E-state index contributed by atoms with van der Waals surface area (Å²) in [7, 11) is 0. The Kier molecular flexibility index (Phi) is 6.18. The zero-order valence-electron chi connectivity index (χ0n) is 17.6. The molecule has 4 rings (SSSR count). The Labute approximate surface area is 189 Å². The molecular weight excluding hydrogens is 474 g/mol. The summed E-state index contributed by atoms with van der Waals surface area (Å²) in [4.78, 5) is 6.99. The number of benzene rings is 1. The van der Waals surface area contributed by atoms with Crippen molar-refractivity contribution in [2.24, 2.45) is 17.0 Å². The number of rotatable bonds is 5. The Bertz CT molecular complexity index is 1020. The highest BCUT2D eigenvalue weighted by Gasteiger charge is 2.45. The van der Waals surface area contributed by atoms with Gasteiger partial charge in [-0.1, -0.05) is 16.5 Å². The standard InChI is InChI=1S/C20H20F6N4O2S/c1-10(2)29-32-15-7-13(19(21,22)23)5-6-14(15)31-16-11-3-4-12(16)9-30(8-11)18-28-27-17(33-18)20(24,25)26/h5-7,11-12,16H,3-4,8-9H2,1-2H3/t11-,12+,16?. The second-order valence-electron chi connectivity index (χ2n) is 8.26. The average Bonchev–Trinajstić information content (AvgIpc) is 3.29. The number of ether oxygens (including phenoxy) is 1. The molecule has 1 saturated carbocycles. The van der Waals surface area contributed by atoms with Crippen LogP contribution in [0.5, 0.6) is 11.5 Å². The van der Waals surface area contributed by atoms with Gasteiger partial charge in [0.25, 0.3) is 0 Å². The monoisotopic (exact) mass is 494 g/mol. The first kappa shape index (κ1) is 23.6. The lowest BCUT2D eigenvalue weighted by molar-refractivity contribution is -0.138. The van der Waals surface area contributed by atoms with E-state index in [0.717, 1.165) is 25.0 Å². The predicted octanol–water partition coefficient (Wildman–Crippen LogP) is 5.64. The molecule has 2 heterocycles. The highest BCUT2D eigenvalue weighted by atomic mass is 32.1. The van der Waals surface area contributed by atoms with Crippen molar-refractivity contribution in [1.82, 2.24) is 10.2 Å². The fourth-order valence-electron chi connectivity index (χ4n) is 4.12. The summed E-state index contributed by atoms with van der Waals surface area (Å²) in [5, 5.41) is 9.89. The zero-order chi connectivity index (χ0) is 24.0. The molecule has 1 aliphatic heterocycles. The minimum absolute atomic E-state index is 0.0338. The summed E-state index contributed by atoms with van der Waals surface area (Å²) in [5.74, 6) is -0.0764. The predicted molar refractivity (Wildman–Crippen MR) is 109 cm³/mol. The molecule has 2 fully saturated rings. The normalized spacial score (nSPS) is 22.9. The third-order valence-electron chi connectivity index (χ3n) is 5.54. The smallest absolute Gasteiger partial charge is 0.445 e. The number of piperidine rings is 1. The molecule has 3 atom stereocenters. The second-order valence-corrected chi connectivity index (χ2v) is 9.22. The van der Waals surface area contributed by atoms with E-state index in [9.17, 15) is 26.3 Å². The minimum atomic E-state index is -4.55. The number of halogens is 6. The number of hydrogen-bond donors (Lipinski definition) is 0. The van der Waals surface area contributed by atoms with Crippen LogP contribution < -0.4 is 14.5 Å². The Hall–Kier alpha value is -2.57. The van der Waals surface area contributed by atoms with Gasteiger partial charge in [-0.25, -0.2) is 0 Å². The molecule has 1 aromatic carbocycles. The van der Waals surface area contributed by atoms with Crippen LogP contribution >= 0.6 is 11.3 Å². The van der Waals surface area contributed by atoms with Gasteiger partial charge in [0.2, 0.25) is 10.1 Å². The summed E-state index contributed by atoms with van der Waals surface area (Å²) >= 11 is 0.496. The first-order valence-corrected chi connectivity index (χ1v) is 10.9. The zero-order valence-corrected chi connectivity index (χ0v) is 18.4. The number of alkyl halides is 6. The first-order chi connectivity index (χ1) is 15.4. The number of fused-ring (bicyclic) bond motifs is 2. The fourth-order valence-corrected chi connectivity index (χ4v) is 4.85. The molecule has 2 bridgehead atoms. The van der Waals surface area contributed by atoms with E-state index in [0.29, 0.717) is 30.1 Å². The van der Waals surface area contributed by atoms with Gasteiger partial charge in [0.05, 0.1) is 11.3 Å². The van der Waals surface area contributed by atoms with Crippen molar-refractivity contribution in [3.05, 3.63) is 28.8 Å². The van der Waals surface area contributed by atoms with Crippen molar-refractivity contribution < 1.29 is 35.9 Å². The summed E-state index contributed by atoms with van der Waals surface area (Å²) in [6.45, 7) is 4.11. The van der Waals surface area contributed by atoms with E-state index >= 15 is 0 Å².